The molecule has 114 valence electrons. The first-order valence-corrected chi connectivity index (χ1v) is 7.70. The van der Waals surface area contributed by atoms with Crippen LogP contribution in [-0.2, 0) is 18.1 Å². The van der Waals surface area contributed by atoms with Gasteiger partial charge in [0.2, 0.25) is 0 Å². The van der Waals surface area contributed by atoms with Crippen LogP contribution in [0.3, 0.4) is 0 Å². The summed E-state index contributed by atoms with van der Waals surface area (Å²) in [5.74, 6) is -0.183. The minimum absolute atomic E-state index is 0.183. The Morgan fingerprint density at radius 1 is 1.09 bits per heavy atom. The van der Waals surface area contributed by atoms with E-state index in [1.54, 1.807) is 6.07 Å². The summed E-state index contributed by atoms with van der Waals surface area (Å²) in [5.41, 5.74) is 2.29. The van der Waals surface area contributed by atoms with Crippen molar-refractivity contribution in [2.45, 2.75) is 18.1 Å². The number of nitrogens with zero attached hydrogens (tertiary/aromatic N) is 1. The van der Waals surface area contributed by atoms with Crippen LogP contribution < -0.4 is 4.90 Å². The SMILES string of the molecule is O=C1c2cccc(CBr)c2CN1c1ccc(C(F)(F)F)cc1. The number of rotatable bonds is 2. The number of benzene rings is 2. The van der Waals surface area contributed by atoms with E-state index in [0.717, 1.165) is 23.3 Å². The van der Waals surface area contributed by atoms with Crippen molar-refractivity contribution >= 4 is 27.5 Å². The van der Waals surface area contributed by atoms with Crippen LogP contribution in [0.2, 0.25) is 0 Å². The minimum Gasteiger partial charge on any atom is -0.304 e. The third-order valence-electron chi connectivity index (χ3n) is 3.72. The Bertz CT molecular complexity index is 725. The second-order valence-corrected chi connectivity index (χ2v) is 5.57. The van der Waals surface area contributed by atoms with Gasteiger partial charge < -0.3 is 4.90 Å². The molecule has 2 nitrogen and oxygen atoms in total. The van der Waals surface area contributed by atoms with Gasteiger partial charge in [-0.05, 0) is 41.5 Å². The Kier molecular flexibility index (Phi) is 3.72. The molecule has 0 saturated heterocycles. The molecule has 1 aliphatic heterocycles. The topological polar surface area (TPSA) is 20.3 Å². The maximum absolute atomic E-state index is 12.6. The second-order valence-electron chi connectivity index (χ2n) is 5.01. The molecular formula is C16H11BrF3NO. The van der Waals surface area contributed by atoms with Gasteiger partial charge >= 0.3 is 6.18 Å². The van der Waals surface area contributed by atoms with Crippen molar-refractivity contribution in [3.05, 3.63) is 64.7 Å². The Morgan fingerprint density at radius 3 is 2.36 bits per heavy atom. The second kappa shape index (κ2) is 5.43. The van der Waals surface area contributed by atoms with Crippen molar-refractivity contribution in [1.82, 2.24) is 0 Å². The van der Waals surface area contributed by atoms with Crippen LogP contribution in [0.25, 0.3) is 0 Å². The molecule has 1 aliphatic rings. The van der Waals surface area contributed by atoms with E-state index in [9.17, 15) is 18.0 Å². The Hall–Kier alpha value is -1.82. The molecule has 0 aromatic heterocycles. The molecule has 6 heteroatoms. The van der Waals surface area contributed by atoms with Crippen LogP contribution in [0.5, 0.6) is 0 Å². The van der Waals surface area contributed by atoms with Crippen molar-refractivity contribution in [2.24, 2.45) is 0 Å². The summed E-state index contributed by atoms with van der Waals surface area (Å²) in [5, 5.41) is 0.629. The molecule has 0 N–H and O–H groups in total. The number of hydrogen-bond donors (Lipinski definition) is 0. The highest BCUT2D eigenvalue weighted by Crippen LogP contribution is 2.34. The van der Waals surface area contributed by atoms with E-state index in [-0.39, 0.29) is 5.91 Å². The number of hydrogen-bond acceptors (Lipinski definition) is 1. The van der Waals surface area contributed by atoms with Crippen LogP contribution in [-0.4, -0.2) is 5.91 Å². The van der Waals surface area contributed by atoms with Gasteiger partial charge in [-0.2, -0.15) is 13.2 Å². The van der Waals surface area contributed by atoms with Crippen LogP contribution in [0.15, 0.2) is 42.5 Å². The van der Waals surface area contributed by atoms with Crippen LogP contribution in [0.4, 0.5) is 18.9 Å². The highest BCUT2D eigenvalue weighted by Gasteiger charge is 2.32. The van der Waals surface area contributed by atoms with E-state index in [4.69, 9.17) is 0 Å². The lowest BCUT2D eigenvalue weighted by molar-refractivity contribution is -0.137. The summed E-state index contributed by atoms with van der Waals surface area (Å²) in [6.45, 7) is 0.376. The number of anilines is 1. The fraction of sp³-hybridized carbons (Fsp3) is 0.188. The minimum atomic E-state index is -4.38. The molecule has 1 heterocycles. The number of amides is 1. The Labute approximate surface area is 133 Å². The molecule has 0 bridgehead atoms. The molecule has 0 spiro atoms. The zero-order valence-electron chi connectivity index (χ0n) is 11.3. The van der Waals surface area contributed by atoms with Gasteiger partial charge in [0.15, 0.2) is 0 Å². The quantitative estimate of drug-likeness (QED) is 0.698. The predicted octanol–water partition coefficient (Wildman–Crippen LogP) is 4.76. The van der Waals surface area contributed by atoms with Gasteiger partial charge in [-0.25, -0.2) is 0 Å². The molecule has 0 aliphatic carbocycles. The number of alkyl halides is 4. The molecule has 1 amide bonds. The molecule has 22 heavy (non-hydrogen) atoms. The zero-order valence-corrected chi connectivity index (χ0v) is 12.9. The molecule has 3 rings (SSSR count). The van der Waals surface area contributed by atoms with Crippen molar-refractivity contribution < 1.29 is 18.0 Å². The van der Waals surface area contributed by atoms with Crippen molar-refractivity contribution in [3.63, 3.8) is 0 Å². The number of carbonyl (C=O) groups excluding carboxylic acids is 1. The summed E-state index contributed by atoms with van der Waals surface area (Å²) in [6.07, 6.45) is -4.38. The first kappa shape index (κ1) is 15.1. The van der Waals surface area contributed by atoms with Gasteiger partial charge in [-0.1, -0.05) is 28.1 Å². The standard InChI is InChI=1S/C16H11BrF3NO/c17-8-10-2-1-3-13-14(10)9-21(15(13)22)12-6-4-11(5-7-12)16(18,19)20/h1-7H,8-9H2. The molecule has 0 atom stereocenters. The van der Waals surface area contributed by atoms with Crippen LogP contribution >= 0.6 is 15.9 Å². The normalized spacial score (nSPS) is 14.4. The summed E-state index contributed by atoms with van der Waals surface area (Å²) in [7, 11) is 0. The average Bonchev–Trinajstić information content (AvgIpc) is 2.84. The molecule has 0 fully saturated rings. The third kappa shape index (κ3) is 2.52. The van der Waals surface area contributed by atoms with Gasteiger partial charge in [0.05, 0.1) is 12.1 Å². The van der Waals surface area contributed by atoms with E-state index in [1.165, 1.54) is 17.0 Å². The maximum Gasteiger partial charge on any atom is 0.416 e. The Morgan fingerprint density at radius 2 is 1.77 bits per heavy atom. The summed E-state index contributed by atoms with van der Waals surface area (Å²) in [6, 6.07) is 10.1. The molecule has 0 radical (unpaired) electrons. The fourth-order valence-electron chi connectivity index (χ4n) is 2.56. The number of halogens is 4. The number of carbonyl (C=O) groups is 1. The molecule has 2 aromatic rings. The van der Waals surface area contributed by atoms with Crippen molar-refractivity contribution in [1.29, 1.82) is 0 Å². The van der Waals surface area contributed by atoms with Gasteiger partial charge in [0.25, 0.3) is 5.91 Å². The van der Waals surface area contributed by atoms with E-state index >= 15 is 0 Å². The van der Waals surface area contributed by atoms with Gasteiger partial charge in [-0.15, -0.1) is 0 Å². The molecule has 0 saturated carbocycles. The summed E-state index contributed by atoms with van der Waals surface area (Å²) >= 11 is 3.38. The van der Waals surface area contributed by atoms with Gasteiger partial charge in [-0.3, -0.25) is 4.79 Å². The average molecular weight is 370 g/mol. The van der Waals surface area contributed by atoms with E-state index in [1.807, 2.05) is 12.1 Å². The molecule has 0 unspecified atom stereocenters. The number of fused-ring (bicyclic) bond motifs is 1. The van der Waals surface area contributed by atoms with Crippen LogP contribution in [0, 0.1) is 0 Å². The Balaban J connectivity index is 1.93. The maximum atomic E-state index is 12.6. The lowest BCUT2D eigenvalue weighted by atomic mass is 10.1. The smallest absolute Gasteiger partial charge is 0.304 e. The van der Waals surface area contributed by atoms with Gasteiger partial charge in [0.1, 0.15) is 0 Å². The first-order valence-electron chi connectivity index (χ1n) is 6.57. The highest BCUT2D eigenvalue weighted by atomic mass is 79.9. The van der Waals surface area contributed by atoms with Crippen molar-refractivity contribution in [3.8, 4) is 0 Å². The fourth-order valence-corrected chi connectivity index (χ4v) is 3.09. The molecular weight excluding hydrogens is 359 g/mol. The summed E-state index contributed by atoms with van der Waals surface area (Å²) in [4.78, 5) is 13.9. The van der Waals surface area contributed by atoms with E-state index < -0.39 is 11.7 Å². The van der Waals surface area contributed by atoms with Crippen molar-refractivity contribution in [2.75, 3.05) is 4.90 Å². The predicted molar refractivity (Wildman–Crippen MR) is 81.0 cm³/mol. The zero-order chi connectivity index (χ0) is 15.9. The monoisotopic (exact) mass is 369 g/mol. The van der Waals surface area contributed by atoms with Gasteiger partial charge in [0, 0.05) is 16.6 Å². The van der Waals surface area contributed by atoms with Crippen LogP contribution in [0.1, 0.15) is 27.0 Å². The first-order chi connectivity index (χ1) is 10.4. The largest absolute Gasteiger partial charge is 0.416 e. The third-order valence-corrected chi connectivity index (χ3v) is 4.32. The highest BCUT2D eigenvalue weighted by molar-refractivity contribution is 9.08. The molecule has 2 aromatic carbocycles. The lowest BCUT2D eigenvalue weighted by Gasteiger charge is -2.17. The summed E-state index contributed by atoms with van der Waals surface area (Å²) < 4.78 is 37.8. The van der Waals surface area contributed by atoms with E-state index in [2.05, 4.69) is 15.9 Å². The lowest BCUT2D eigenvalue weighted by Crippen LogP contribution is -2.23. The van der Waals surface area contributed by atoms with E-state index in [0.29, 0.717) is 23.1 Å².